The van der Waals surface area contributed by atoms with Crippen LogP contribution in [0.15, 0.2) is 19.2 Å². The number of nitrogens with two attached hydrogens (primary N) is 4. The zero-order valence-electron chi connectivity index (χ0n) is 26.9. The zero-order valence-corrected chi connectivity index (χ0v) is 28.5. The normalized spacial score (nSPS) is 26.8. The van der Waals surface area contributed by atoms with E-state index in [9.17, 15) is 29.4 Å². The quantitative estimate of drug-likeness (QED) is 0.114. The van der Waals surface area contributed by atoms with Crippen LogP contribution in [0.3, 0.4) is 0 Å². The average Bonchev–Trinajstić information content (AvgIpc) is 3.79. The minimum Gasteiger partial charge on any atom is -0.390 e. The van der Waals surface area contributed by atoms with Gasteiger partial charge in [0.1, 0.15) is 21.9 Å². The molecule has 0 aromatic carbocycles. The molecule has 0 aliphatic carbocycles. The lowest BCUT2D eigenvalue weighted by molar-refractivity contribution is -0.0664. The van der Waals surface area contributed by atoms with Crippen LogP contribution in [0.25, 0.3) is 20.7 Å². The molecule has 18 nitrogen and oxygen atoms in total. The number of fused-ring (bicyclic) bond motifs is 2. The van der Waals surface area contributed by atoms with E-state index in [0.717, 1.165) is 22.7 Å². The number of ether oxygens (including phenoxy) is 2. The van der Waals surface area contributed by atoms with Crippen molar-refractivity contribution < 1.29 is 19.7 Å². The van der Waals surface area contributed by atoms with E-state index >= 15 is 0 Å². The first-order valence-corrected chi connectivity index (χ1v) is 17.3. The molecule has 0 bridgehead atoms. The Kier molecular flexibility index (Phi) is 10.6. The molecule has 20 heteroatoms. The van der Waals surface area contributed by atoms with Gasteiger partial charge >= 0.3 is 9.75 Å². The van der Waals surface area contributed by atoms with Crippen LogP contribution < -0.4 is 43.8 Å². The second-order valence-electron chi connectivity index (χ2n) is 12.3. The first-order valence-electron chi connectivity index (χ1n) is 15.7. The van der Waals surface area contributed by atoms with Crippen molar-refractivity contribution in [2.24, 2.45) is 23.3 Å². The maximum atomic E-state index is 12.5. The predicted molar refractivity (Wildman–Crippen MR) is 182 cm³/mol. The Morgan fingerprint density at radius 2 is 1.12 bits per heavy atom. The molecule has 2 fully saturated rings. The number of aliphatic hydroxyl groups is 2. The molecule has 0 saturated carbocycles. The fourth-order valence-electron chi connectivity index (χ4n) is 6.26. The smallest absolute Gasteiger partial charge is 0.311 e. The number of thiazole rings is 2. The lowest BCUT2D eigenvalue weighted by Gasteiger charge is -2.22. The molecule has 264 valence electrons. The third kappa shape index (κ3) is 6.70. The molecule has 0 unspecified atom stereocenters. The Balaban J connectivity index is 0.000000188. The van der Waals surface area contributed by atoms with Gasteiger partial charge in [0, 0.05) is 23.9 Å². The minimum atomic E-state index is -0.689. The van der Waals surface area contributed by atoms with Crippen molar-refractivity contribution in [1.82, 2.24) is 29.1 Å². The van der Waals surface area contributed by atoms with Gasteiger partial charge in [0.15, 0.2) is 11.3 Å². The van der Waals surface area contributed by atoms with Crippen LogP contribution in [0.2, 0.25) is 0 Å². The number of nitrogens with one attached hydrogen (secondary N) is 2. The van der Waals surface area contributed by atoms with Crippen LogP contribution in [0.1, 0.15) is 65.8 Å². The summed E-state index contributed by atoms with van der Waals surface area (Å²) in [6.45, 7) is 7.37. The molecule has 2 aliphatic heterocycles. The number of H-pyrrole nitrogens is 2. The van der Waals surface area contributed by atoms with Crippen molar-refractivity contribution in [3.63, 3.8) is 0 Å². The van der Waals surface area contributed by atoms with Crippen LogP contribution >= 0.6 is 22.7 Å². The third-order valence-corrected chi connectivity index (χ3v) is 10.8. The third-order valence-electron chi connectivity index (χ3n) is 8.91. The number of aliphatic hydroxyl groups excluding tert-OH is 2. The van der Waals surface area contributed by atoms with E-state index in [-0.39, 0.29) is 66.3 Å². The number of rotatable bonds is 8. The molecule has 6 heterocycles. The number of hydrogen-bond donors (Lipinski definition) is 8. The van der Waals surface area contributed by atoms with E-state index in [1.165, 1.54) is 9.13 Å². The molecule has 48 heavy (non-hydrogen) atoms. The fourth-order valence-corrected chi connectivity index (χ4v) is 7.94. The van der Waals surface area contributed by atoms with E-state index in [2.05, 4.69) is 19.9 Å². The first-order chi connectivity index (χ1) is 22.7. The standard InChI is InChI=1S/2C14H21N5O4S/c2*1-3-7(20)8-4-6(5(2)15)12(23-8)19-10-9(24-14(19)22)11(21)18-13(16)17-10/h2*5-8,12,20H,3-4,15H2,1-2H3,(H3,16,17,18,21)/t5-,6+,7+,8+,12-;5-,6-,7-,8-,12+/m10/s1. The number of aromatic nitrogens is 6. The summed E-state index contributed by atoms with van der Waals surface area (Å²) in [6.07, 6.45) is -1.37. The molecule has 4 aromatic heterocycles. The van der Waals surface area contributed by atoms with Crippen LogP contribution in [-0.2, 0) is 9.47 Å². The Morgan fingerprint density at radius 3 is 1.44 bits per heavy atom. The van der Waals surface area contributed by atoms with Gasteiger partial charge in [-0.15, -0.1) is 0 Å². The van der Waals surface area contributed by atoms with Crippen molar-refractivity contribution in [3.05, 3.63) is 40.0 Å². The van der Waals surface area contributed by atoms with Gasteiger partial charge in [-0.1, -0.05) is 36.5 Å². The Hall–Kier alpha value is -3.50. The van der Waals surface area contributed by atoms with Gasteiger partial charge in [-0.05, 0) is 39.5 Å². The lowest BCUT2D eigenvalue weighted by atomic mass is 9.94. The van der Waals surface area contributed by atoms with Gasteiger partial charge in [-0.3, -0.25) is 38.3 Å². The molecule has 12 N–H and O–H groups in total. The summed E-state index contributed by atoms with van der Waals surface area (Å²) in [5, 5.41) is 20.2. The summed E-state index contributed by atoms with van der Waals surface area (Å²) < 4.78 is 15.0. The van der Waals surface area contributed by atoms with E-state index in [4.69, 9.17) is 32.4 Å². The summed E-state index contributed by atoms with van der Waals surface area (Å²) >= 11 is 1.58. The average molecular weight is 711 g/mol. The van der Waals surface area contributed by atoms with Crippen LogP contribution in [0.4, 0.5) is 11.9 Å². The maximum Gasteiger partial charge on any atom is 0.311 e. The molecular weight excluding hydrogens is 669 g/mol. The molecular formula is C28H42N10O8S2. The second kappa shape index (κ2) is 14.2. The topological polar surface area (TPSA) is 298 Å². The number of anilines is 2. The lowest BCUT2D eigenvalue weighted by Crippen LogP contribution is -2.34. The molecule has 2 saturated heterocycles. The van der Waals surface area contributed by atoms with Gasteiger partial charge in [0.2, 0.25) is 11.9 Å². The van der Waals surface area contributed by atoms with E-state index in [1.807, 2.05) is 27.7 Å². The molecule has 6 rings (SSSR count). The van der Waals surface area contributed by atoms with E-state index in [1.54, 1.807) is 0 Å². The number of nitrogens with zero attached hydrogens (tertiary/aromatic N) is 4. The van der Waals surface area contributed by atoms with Crippen LogP contribution in [0.5, 0.6) is 0 Å². The van der Waals surface area contributed by atoms with Crippen molar-refractivity contribution in [2.45, 2.75) is 102 Å². The number of aromatic amines is 2. The monoisotopic (exact) mass is 710 g/mol. The maximum absolute atomic E-state index is 12.5. The zero-order chi connectivity index (χ0) is 35.2. The Labute approximate surface area is 280 Å². The number of nitrogen functional groups attached to an aromatic ring is 2. The van der Waals surface area contributed by atoms with Crippen molar-refractivity contribution in [3.8, 4) is 0 Å². The molecule has 0 spiro atoms. The van der Waals surface area contributed by atoms with Gasteiger partial charge < -0.3 is 42.6 Å². The highest BCUT2D eigenvalue weighted by atomic mass is 32.1. The SMILES string of the molecule is CC[C@H](O)[C@@H]1C[C@@H]([C@@H](C)N)[C@H](n2c(=O)sc3c(=O)[nH]c(N)nc32)O1.CC[C@H](O)[C@@H]1C[C@@H]([C@H](C)N)[C@H](n2c(=O)sc3c(=O)[nH]c(N)nc32)O1. The molecule has 10 atom stereocenters. The summed E-state index contributed by atoms with van der Waals surface area (Å²) in [5.74, 6) is -0.512. The van der Waals surface area contributed by atoms with Crippen LogP contribution in [-0.4, -0.2) is 75.8 Å². The molecule has 0 amide bonds. The van der Waals surface area contributed by atoms with Gasteiger partial charge in [-0.25, -0.2) is 0 Å². The molecule has 0 radical (unpaired) electrons. The Morgan fingerprint density at radius 1 is 0.771 bits per heavy atom. The minimum absolute atomic E-state index is 0.0699. The van der Waals surface area contributed by atoms with Crippen molar-refractivity contribution >= 4 is 55.3 Å². The van der Waals surface area contributed by atoms with Gasteiger partial charge in [0.05, 0.1) is 24.4 Å². The van der Waals surface area contributed by atoms with Gasteiger partial charge in [0.25, 0.3) is 11.1 Å². The Bertz CT molecular complexity index is 1860. The summed E-state index contributed by atoms with van der Waals surface area (Å²) in [5.41, 5.74) is 22.8. The van der Waals surface area contributed by atoms with Crippen molar-refractivity contribution in [1.29, 1.82) is 0 Å². The van der Waals surface area contributed by atoms with Crippen LogP contribution in [0, 0.1) is 11.8 Å². The van der Waals surface area contributed by atoms with E-state index < -0.39 is 48.0 Å². The molecule has 4 aromatic rings. The summed E-state index contributed by atoms with van der Waals surface area (Å²) in [7, 11) is 0. The predicted octanol–water partition coefficient (Wildman–Crippen LogP) is -0.499. The van der Waals surface area contributed by atoms with E-state index in [0.29, 0.717) is 25.7 Å². The highest BCUT2D eigenvalue weighted by Crippen LogP contribution is 2.40. The highest BCUT2D eigenvalue weighted by Gasteiger charge is 2.44. The number of hydrogen-bond acceptors (Lipinski definition) is 16. The largest absolute Gasteiger partial charge is 0.390 e. The van der Waals surface area contributed by atoms with Crippen molar-refractivity contribution in [2.75, 3.05) is 11.5 Å². The second-order valence-corrected chi connectivity index (χ2v) is 14.2. The summed E-state index contributed by atoms with van der Waals surface area (Å²) in [4.78, 5) is 61.1. The highest BCUT2D eigenvalue weighted by molar-refractivity contribution is 7.16. The molecule has 2 aliphatic rings. The summed E-state index contributed by atoms with van der Waals surface area (Å²) in [6, 6.07) is -0.518. The fraction of sp³-hybridized carbons (Fsp3) is 0.643. The van der Waals surface area contributed by atoms with Gasteiger partial charge in [-0.2, -0.15) is 9.97 Å². The first kappa shape index (κ1) is 35.8.